The van der Waals surface area contributed by atoms with Crippen LogP contribution in [0.1, 0.15) is 48.2 Å². The lowest BCUT2D eigenvalue weighted by atomic mass is 9.64. The highest BCUT2D eigenvalue weighted by molar-refractivity contribution is 5.92. The summed E-state index contributed by atoms with van der Waals surface area (Å²) in [5, 5.41) is 10.1. The number of nitrogens with one attached hydrogen (secondary N) is 2. The number of carbonyl (C=O) groups is 1. The van der Waals surface area contributed by atoms with Gasteiger partial charge in [0.2, 0.25) is 0 Å². The molecule has 1 spiro atoms. The van der Waals surface area contributed by atoms with Crippen LogP contribution < -0.4 is 0 Å². The van der Waals surface area contributed by atoms with Crippen molar-refractivity contribution in [2.75, 3.05) is 32.8 Å². The summed E-state index contributed by atoms with van der Waals surface area (Å²) in [6.07, 6.45) is 7.67. The molecule has 0 radical (unpaired) electrons. The summed E-state index contributed by atoms with van der Waals surface area (Å²) in [5.74, 6) is 1.22. The van der Waals surface area contributed by atoms with E-state index in [0.29, 0.717) is 12.2 Å². The van der Waals surface area contributed by atoms with E-state index in [-0.39, 0.29) is 23.8 Å². The number of imidazole rings is 1. The van der Waals surface area contributed by atoms with E-state index in [1.807, 2.05) is 23.2 Å². The van der Waals surface area contributed by atoms with Gasteiger partial charge in [-0.2, -0.15) is 0 Å². The Morgan fingerprint density at radius 1 is 1.29 bits per heavy atom. The van der Waals surface area contributed by atoms with Gasteiger partial charge in [-0.1, -0.05) is 6.92 Å². The Kier molecular flexibility index (Phi) is 5.55. The van der Waals surface area contributed by atoms with Gasteiger partial charge >= 0.3 is 0 Å². The topological polar surface area (TPSA) is 88.2 Å². The molecule has 28 heavy (non-hydrogen) atoms. The number of H-pyrrole nitrogens is 2. The van der Waals surface area contributed by atoms with Crippen molar-refractivity contribution < 1.29 is 9.90 Å². The Morgan fingerprint density at radius 3 is 2.71 bits per heavy atom. The summed E-state index contributed by atoms with van der Waals surface area (Å²) < 4.78 is 0. The highest BCUT2D eigenvalue weighted by atomic mass is 16.3. The molecule has 2 saturated heterocycles. The van der Waals surface area contributed by atoms with Crippen molar-refractivity contribution in [1.82, 2.24) is 24.8 Å². The molecule has 0 saturated carbocycles. The van der Waals surface area contributed by atoms with E-state index in [0.717, 1.165) is 63.4 Å². The van der Waals surface area contributed by atoms with Gasteiger partial charge in [0.15, 0.2) is 0 Å². The van der Waals surface area contributed by atoms with Crippen LogP contribution in [0.25, 0.3) is 0 Å². The molecule has 2 aromatic rings. The number of aromatic amines is 2. The maximum atomic E-state index is 12.9. The van der Waals surface area contributed by atoms with Crippen molar-refractivity contribution in [3.8, 4) is 0 Å². The van der Waals surface area contributed by atoms with Gasteiger partial charge in [-0.3, -0.25) is 9.69 Å². The van der Waals surface area contributed by atoms with Crippen LogP contribution in [-0.2, 0) is 13.0 Å². The second-order valence-electron chi connectivity index (χ2n) is 8.31. The molecule has 2 aliphatic heterocycles. The van der Waals surface area contributed by atoms with Crippen molar-refractivity contribution in [3.05, 3.63) is 41.7 Å². The molecule has 0 aliphatic carbocycles. The summed E-state index contributed by atoms with van der Waals surface area (Å²) >= 11 is 0. The number of piperidine rings is 2. The molecule has 1 amide bonds. The zero-order valence-electron chi connectivity index (χ0n) is 16.7. The average Bonchev–Trinajstić information content (AvgIpc) is 3.41. The van der Waals surface area contributed by atoms with Gasteiger partial charge in [0, 0.05) is 43.7 Å². The zero-order valence-corrected chi connectivity index (χ0v) is 16.7. The Hall–Kier alpha value is -2.12. The largest absolute Gasteiger partial charge is 0.396 e. The molecule has 0 bridgehead atoms. The number of nitrogens with zero attached hydrogens (tertiary/aromatic N) is 3. The highest BCUT2D eigenvalue weighted by Crippen LogP contribution is 2.45. The van der Waals surface area contributed by atoms with E-state index < -0.39 is 0 Å². The fraction of sp³-hybridized carbons (Fsp3) is 0.619. The second kappa shape index (κ2) is 8.09. The molecule has 2 aromatic heterocycles. The molecule has 3 N–H and O–H groups in total. The van der Waals surface area contributed by atoms with Crippen LogP contribution >= 0.6 is 0 Å². The van der Waals surface area contributed by atoms with Gasteiger partial charge in [0.1, 0.15) is 11.5 Å². The minimum Gasteiger partial charge on any atom is -0.396 e. The normalized spacial score (nSPS) is 22.6. The summed E-state index contributed by atoms with van der Waals surface area (Å²) in [6.45, 7) is 6.52. The molecule has 152 valence electrons. The van der Waals surface area contributed by atoms with E-state index in [9.17, 15) is 9.90 Å². The maximum absolute atomic E-state index is 12.9. The molecule has 2 fully saturated rings. The minimum atomic E-state index is 0.0586. The standard InChI is InChI=1S/C21H31N5O2/c1-2-17-3-4-18(24-17)20(28)26-12-7-21(16(13-26)15-27)5-10-25(11-6-21)14-19-22-8-9-23-19/h3-4,8-9,16,24,27H,2,5-7,10-15H2,1H3,(H,22,23)/t16-/m1/s1. The second-order valence-corrected chi connectivity index (χ2v) is 8.31. The molecule has 7 nitrogen and oxygen atoms in total. The number of aromatic nitrogens is 3. The molecule has 0 aromatic carbocycles. The molecular formula is C21H31N5O2. The van der Waals surface area contributed by atoms with E-state index in [2.05, 4.69) is 26.8 Å². The number of carbonyl (C=O) groups excluding carboxylic acids is 1. The van der Waals surface area contributed by atoms with Gasteiger partial charge in [0.25, 0.3) is 5.91 Å². The molecule has 7 heteroatoms. The van der Waals surface area contributed by atoms with E-state index in [1.165, 1.54) is 0 Å². The number of aliphatic hydroxyl groups is 1. The first-order valence-corrected chi connectivity index (χ1v) is 10.4. The van der Waals surface area contributed by atoms with E-state index in [1.54, 1.807) is 6.20 Å². The number of aliphatic hydroxyl groups excluding tert-OH is 1. The first-order valence-electron chi connectivity index (χ1n) is 10.4. The van der Waals surface area contributed by atoms with Gasteiger partial charge < -0.3 is 20.0 Å². The van der Waals surface area contributed by atoms with E-state index in [4.69, 9.17) is 0 Å². The number of likely N-dealkylation sites (tertiary alicyclic amines) is 2. The average molecular weight is 386 g/mol. The highest BCUT2D eigenvalue weighted by Gasteiger charge is 2.45. The first kappa shape index (κ1) is 19.2. The number of rotatable bonds is 5. The fourth-order valence-electron chi connectivity index (χ4n) is 4.90. The SMILES string of the molecule is CCc1ccc(C(=O)N2CCC3(CCN(Cc4ncc[nH]4)CC3)[C@@H](CO)C2)[nH]1. The third kappa shape index (κ3) is 3.73. The van der Waals surface area contributed by atoms with Crippen LogP contribution in [-0.4, -0.2) is 68.6 Å². The minimum absolute atomic E-state index is 0.0586. The monoisotopic (exact) mass is 385 g/mol. The summed E-state index contributed by atoms with van der Waals surface area (Å²) in [5.41, 5.74) is 1.90. The third-order valence-corrected chi connectivity index (χ3v) is 6.83. The van der Waals surface area contributed by atoms with Gasteiger partial charge in [-0.15, -0.1) is 0 Å². The lowest BCUT2D eigenvalue weighted by Gasteiger charge is -2.51. The Balaban J connectivity index is 1.37. The number of amides is 1. The third-order valence-electron chi connectivity index (χ3n) is 6.83. The van der Waals surface area contributed by atoms with Crippen LogP contribution in [0.2, 0.25) is 0 Å². The molecule has 1 atom stereocenters. The van der Waals surface area contributed by atoms with E-state index >= 15 is 0 Å². The number of hydrogen-bond acceptors (Lipinski definition) is 4. The number of hydrogen-bond donors (Lipinski definition) is 3. The van der Waals surface area contributed by atoms with Crippen LogP contribution in [0, 0.1) is 11.3 Å². The van der Waals surface area contributed by atoms with Crippen molar-refractivity contribution in [1.29, 1.82) is 0 Å². The molecular weight excluding hydrogens is 354 g/mol. The predicted octanol–water partition coefficient (Wildman–Crippen LogP) is 2.04. The summed E-state index contributed by atoms with van der Waals surface area (Å²) in [4.78, 5) is 28.0. The fourth-order valence-corrected chi connectivity index (χ4v) is 4.90. The molecule has 0 unspecified atom stereocenters. The van der Waals surface area contributed by atoms with Gasteiger partial charge in [-0.05, 0) is 56.3 Å². The summed E-state index contributed by atoms with van der Waals surface area (Å²) in [6, 6.07) is 3.86. The van der Waals surface area contributed by atoms with Crippen LogP contribution in [0.15, 0.2) is 24.5 Å². The molecule has 2 aliphatic rings. The van der Waals surface area contributed by atoms with Crippen LogP contribution in [0.4, 0.5) is 0 Å². The Bertz CT molecular complexity index is 777. The lowest BCUT2D eigenvalue weighted by molar-refractivity contribution is -0.0369. The predicted molar refractivity (Wildman–Crippen MR) is 107 cm³/mol. The van der Waals surface area contributed by atoms with Crippen LogP contribution in [0.5, 0.6) is 0 Å². The van der Waals surface area contributed by atoms with Crippen molar-refractivity contribution in [2.24, 2.45) is 11.3 Å². The Labute approximate surface area is 166 Å². The van der Waals surface area contributed by atoms with Gasteiger partial charge in [-0.25, -0.2) is 4.98 Å². The van der Waals surface area contributed by atoms with Gasteiger partial charge in [0.05, 0.1) is 6.54 Å². The molecule has 4 heterocycles. The molecule has 4 rings (SSSR count). The summed E-state index contributed by atoms with van der Waals surface area (Å²) in [7, 11) is 0. The smallest absolute Gasteiger partial charge is 0.270 e. The van der Waals surface area contributed by atoms with Crippen molar-refractivity contribution in [2.45, 2.75) is 39.2 Å². The van der Waals surface area contributed by atoms with Crippen molar-refractivity contribution >= 4 is 5.91 Å². The van der Waals surface area contributed by atoms with Crippen molar-refractivity contribution in [3.63, 3.8) is 0 Å². The quantitative estimate of drug-likeness (QED) is 0.735. The zero-order chi connectivity index (χ0) is 19.6. The Morgan fingerprint density at radius 2 is 2.07 bits per heavy atom. The maximum Gasteiger partial charge on any atom is 0.270 e. The first-order chi connectivity index (χ1) is 13.6. The lowest BCUT2D eigenvalue weighted by Crippen LogP contribution is -2.54. The van der Waals surface area contributed by atoms with Crippen LogP contribution in [0.3, 0.4) is 0 Å². The number of aryl methyl sites for hydroxylation is 1.